The predicted molar refractivity (Wildman–Crippen MR) is 88.9 cm³/mol. The van der Waals surface area contributed by atoms with Crippen LogP contribution in [0.3, 0.4) is 0 Å². The Kier molecular flexibility index (Phi) is 5.35. The van der Waals surface area contributed by atoms with Gasteiger partial charge in [0, 0.05) is 19.6 Å². The van der Waals surface area contributed by atoms with Crippen LogP contribution in [-0.2, 0) is 27.9 Å². The number of nitriles is 1. The normalized spacial score (nSPS) is 21.8. The van der Waals surface area contributed by atoms with Gasteiger partial charge in [-0.1, -0.05) is 0 Å². The summed E-state index contributed by atoms with van der Waals surface area (Å²) in [4.78, 5) is 18.2. The molecule has 8 heteroatoms. The summed E-state index contributed by atoms with van der Waals surface area (Å²) >= 11 is 0. The van der Waals surface area contributed by atoms with E-state index in [1.807, 2.05) is 0 Å². The number of nitrogens with zero attached hydrogens (tertiary/aromatic N) is 5. The number of aromatic nitrogens is 3. The number of hydrogen-bond acceptors (Lipinski definition) is 6. The summed E-state index contributed by atoms with van der Waals surface area (Å²) in [6.07, 6.45) is 3.98. The lowest BCUT2D eigenvalue weighted by Gasteiger charge is -2.29. The van der Waals surface area contributed by atoms with Crippen molar-refractivity contribution in [3.8, 4) is 6.07 Å². The van der Waals surface area contributed by atoms with E-state index in [4.69, 9.17) is 4.74 Å². The molecular formula is C17H25N5O3. The second kappa shape index (κ2) is 7.50. The van der Waals surface area contributed by atoms with E-state index >= 15 is 0 Å². The standard InChI is InChI=1S/C17H25N5O3/c1-21-6-2-13(3-7-21)10-14-19-16(22(20-14)11-15(23)24)17(12-18)4-8-25-9-5-17/h13H,2-11H2,1H3,(H,23,24). The van der Waals surface area contributed by atoms with Gasteiger partial charge in [0.05, 0.1) is 6.07 Å². The third-order valence-electron chi connectivity index (χ3n) is 5.30. The minimum Gasteiger partial charge on any atom is -0.480 e. The summed E-state index contributed by atoms with van der Waals surface area (Å²) in [5.74, 6) is 0.685. The number of carboxylic acids is 1. The van der Waals surface area contributed by atoms with Gasteiger partial charge < -0.3 is 14.7 Å². The van der Waals surface area contributed by atoms with Crippen molar-refractivity contribution < 1.29 is 14.6 Å². The maximum absolute atomic E-state index is 11.2. The molecule has 0 saturated carbocycles. The summed E-state index contributed by atoms with van der Waals surface area (Å²) in [5, 5.41) is 23.4. The van der Waals surface area contributed by atoms with Gasteiger partial charge in [0.2, 0.25) is 0 Å². The molecule has 2 saturated heterocycles. The molecule has 0 atom stereocenters. The van der Waals surface area contributed by atoms with E-state index in [0.717, 1.165) is 32.4 Å². The molecule has 8 nitrogen and oxygen atoms in total. The average Bonchev–Trinajstić information content (AvgIpc) is 2.99. The van der Waals surface area contributed by atoms with Crippen molar-refractivity contribution in [2.75, 3.05) is 33.4 Å². The van der Waals surface area contributed by atoms with E-state index < -0.39 is 11.4 Å². The molecule has 3 heterocycles. The van der Waals surface area contributed by atoms with E-state index in [-0.39, 0.29) is 6.54 Å². The van der Waals surface area contributed by atoms with E-state index in [9.17, 15) is 15.2 Å². The van der Waals surface area contributed by atoms with Gasteiger partial charge in [0.15, 0.2) is 5.82 Å². The molecule has 2 fully saturated rings. The fourth-order valence-corrected chi connectivity index (χ4v) is 3.70. The maximum atomic E-state index is 11.2. The van der Waals surface area contributed by atoms with E-state index in [0.29, 0.717) is 43.6 Å². The molecule has 0 bridgehead atoms. The minimum absolute atomic E-state index is 0.264. The van der Waals surface area contributed by atoms with Crippen LogP contribution in [0.25, 0.3) is 0 Å². The predicted octanol–water partition coefficient (Wildman–Crippen LogP) is 0.819. The maximum Gasteiger partial charge on any atom is 0.325 e. The zero-order valence-electron chi connectivity index (χ0n) is 14.6. The molecule has 1 aromatic rings. The molecule has 0 unspecified atom stereocenters. The van der Waals surface area contributed by atoms with Gasteiger partial charge in [-0.25, -0.2) is 9.67 Å². The molecule has 0 amide bonds. The number of piperidine rings is 1. The summed E-state index contributed by atoms with van der Waals surface area (Å²) in [7, 11) is 2.12. The monoisotopic (exact) mass is 347 g/mol. The van der Waals surface area contributed by atoms with Crippen LogP contribution < -0.4 is 0 Å². The zero-order chi connectivity index (χ0) is 17.9. The molecule has 3 rings (SSSR count). The molecule has 0 radical (unpaired) electrons. The van der Waals surface area contributed by atoms with Crippen molar-refractivity contribution in [2.24, 2.45) is 5.92 Å². The minimum atomic E-state index is -0.975. The molecular weight excluding hydrogens is 322 g/mol. The lowest BCUT2D eigenvalue weighted by Crippen LogP contribution is -2.36. The molecule has 2 aliphatic rings. The number of likely N-dealkylation sites (tertiary alicyclic amines) is 1. The number of aliphatic carboxylic acids is 1. The highest BCUT2D eigenvalue weighted by atomic mass is 16.5. The molecule has 0 aliphatic carbocycles. The van der Waals surface area contributed by atoms with Gasteiger partial charge in [-0.15, -0.1) is 0 Å². The van der Waals surface area contributed by atoms with Crippen LogP contribution in [0, 0.1) is 17.2 Å². The van der Waals surface area contributed by atoms with E-state index in [2.05, 4.69) is 28.1 Å². The van der Waals surface area contributed by atoms with E-state index in [1.54, 1.807) is 0 Å². The Hall–Kier alpha value is -1.98. The highest BCUT2D eigenvalue weighted by Gasteiger charge is 2.40. The van der Waals surface area contributed by atoms with Gasteiger partial charge in [0.1, 0.15) is 17.8 Å². The highest BCUT2D eigenvalue weighted by Crippen LogP contribution is 2.33. The summed E-state index contributed by atoms with van der Waals surface area (Å²) in [5.41, 5.74) is -0.800. The van der Waals surface area contributed by atoms with Crippen LogP contribution in [0.1, 0.15) is 37.3 Å². The Morgan fingerprint density at radius 3 is 2.68 bits per heavy atom. The number of hydrogen-bond donors (Lipinski definition) is 1. The van der Waals surface area contributed by atoms with Crippen molar-refractivity contribution in [1.29, 1.82) is 5.26 Å². The van der Waals surface area contributed by atoms with Crippen LogP contribution in [0.4, 0.5) is 0 Å². The van der Waals surface area contributed by atoms with Crippen molar-refractivity contribution in [1.82, 2.24) is 19.7 Å². The molecule has 0 aromatic carbocycles. The second-order valence-corrected chi connectivity index (χ2v) is 7.16. The van der Waals surface area contributed by atoms with Crippen LogP contribution >= 0.6 is 0 Å². The molecule has 1 N–H and O–H groups in total. The van der Waals surface area contributed by atoms with Crippen molar-refractivity contribution in [2.45, 2.75) is 44.1 Å². The highest BCUT2D eigenvalue weighted by molar-refractivity contribution is 5.66. The first-order valence-electron chi connectivity index (χ1n) is 8.86. The van der Waals surface area contributed by atoms with Gasteiger partial charge in [-0.2, -0.15) is 10.4 Å². The van der Waals surface area contributed by atoms with E-state index in [1.165, 1.54) is 4.68 Å². The van der Waals surface area contributed by atoms with Gasteiger partial charge in [-0.3, -0.25) is 4.79 Å². The second-order valence-electron chi connectivity index (χ2n) is 7.16. The average molecular weight is 347 g/mol. The third kappa shape index (κ3) is 3.99. The van der Waals surface area contributed by atoms with Crippen LogP contribution in [0.2, 0.25) is 0 Å². The molecule has 2 aliphatic heterocycles. The van der Waals surface area contributed by atoms with Crippen molar-refractivity contribution in [3.05, 3.63) is 11.6 Å². The lowest BCUT2D eigenvalue weighted by molar-refractivity contribution is -0.138. The van der Waals surface area contributed by atoms with Crippen molar-refractivity contribution in [3.63, 3.8) is 0 Å². The number of ether oxygens (including phenoxy) is 1. The summed E-state index contributed by atoms with van der Waals surface area (Å²) < 4.78 is 6.80. The largest absolute Gasteiger partial charge is 0.480 e. The lowest BCUT2D eigenvalue weighted by atomic mass is 9.81. The first-order valence-corrected chi connectivity index (χ1v) is 8.86. The smallest absolute Gasteiger partial charge is 0.325 e. The van der Waals surface area contributed by atoms with Crippen LogP contribution in [-0.4, -0.2) is 64.1 Å². The topological polar surface area (TPSA) is 104 Å². The SMILES string of the molecule is CN1CCC(Cc2nc(C3(C#N)CCOCC3)n(CC(=O)O)n2)CC1. The fraction of sp³-hybridized carbons (Fsp3) is 0.765. The number of carboxylic acid groups (broad SMARTS) is 1. The number of rotatable bonds is 5. The molecule has 1 aromatic heterocycles. The van der Waals surface area contributed by atoms with Crippen LogP contribution in [0.5, 0.6) is 0 Å². The summed E-state index contributed by atoms with van der Waals surface area (Å²) in [6.45, 7) is 2.83. The zero-order valence-corrected chi connectivity index (χ0v) is 14.6. The Bertz CT molecular complexity index is 652. The van der Waals surface area contributed by atoms with Crippen LogP contribution in [0.15, 0.2) is 0 Å². The van der Waals surface area contributed by atoms with Gasteiger partial charge in [-0.05, 0) is 51.7 Å². The quantitative estimate of drug-likeness (QED) is 0.841. The Morgan fingerprint density at radius 1 is 1.40 bits per heavy atom. The fourth-order valence-electron chi connectivity index (χ4n) is 3.70. The number of carbonyl (C=O) groups is 1. The third-order valence-corrected chi connectivity index (χ3v) is 5.30. The molecule has 25 heavy (non-hydrogen) atoms. The Labute approximate surface area is 147 Å². The van der Waals surface area contributed by atoms with Gasteiger partial charge in [0.25, 0.3) is 0 Å². The first-order chi connectivity index (χ1) is 12.0. The van der Waals surface area contributed by atoms with Crippen molar-refractivity contribution >= 4 is 5.97 Å². The first kappa shape index (κ1) is 17.8. The Morgan fingerprint density at radius 2 is 2.08 bits per heavy atom. The molecule has 0 spiro atoms. The Balaban J connectivity index is 1.84. The van der Waals surface area contributed by atoms with Gasteiger partial charge >= 0.3 is 5.97 Å². The summed E-state index contributed by atoms with van der Waals surface area (Å²) in [6, 6.07) is 2.37. The molecule has 136 valence electrons.